The van der Waals surface area contributed by atoms with Crippen LogP contribution in [-0.4, -0.2) is 49.5 Å². The van der Waals surface area contributed by atoms with Crippen LogP contribution in [-0.2, 0) is 0 Å². The van der Waals surface area contributed by atoms with Crippen LogP contribution in [0.1, 0.15) is 27.8 Å². The number of carbonyl (C=O) groups excluding carboxylic acids is 2. The van der Waals surface area contributed by atoms with E-state index in [0.717, 1.165) is 24.5 Å². The summed E-state index contributed by atoms with van der Waals surface area (Å²) in [4.78, 5) is 29.1. The van der Waals surface area contributed by atoms with E-state index >= 15 is 0 Å². The topological polar surface area (TPSA) is 75.0 Å². The zero-order valence-electron chi connectivity index (χ0n) is 17.4. The Balaban J connectivity index is 1.35. The standard InChI is InChI=1S/C24H25N3O4/c1-2-30-21-7-4-3-6-20(21)26-13-15-27(16-14-26)24(29)18-9-11-19(12-10-18)25-23(28)22-8-5-17-31-22/h3-12,17H,2,13-16H2,1H3,(H,25,28). The second kappa shape index (κ2) is 9.38. The van der Waals surface area contributed by atoms with E-state index < -0.39 is 0 Å². The molecule has 2 aromatic carbocycles. The lowest BCUT2D eigenvalue weighted by Crippen LogP contribution is -2.48. The third-order valence-corrected chi connectivity index (χ3v) is 5.21. The Morgan fingerprint density at radius 3 is 2.39 bits per heavy atom. The highest BCUT2D eigenvalue weighted by molar-refractivity contribution is 6.02. The lowest BCUT2D eigenvalue weighted by atomic mass is 10.1. The number of nitrogens with zero attached hydrogens (tertiary/aromatic N) is 2. The van der Waals surface area contributed by atoms with Crippen molar-refractivity contribution in [3.8, 4) is 5.75 Å². The molecule has 0 aliphatic carbocycles. The molecular formula is C24H25N3O4. The van der Waals surface area contributed by atoms with E-state index in [1.54, 1.807) is 36.4 Å². The van der Waals surface area contributed by atoms with Crippen molar-refractivity contribution >= 4 is 23.2 Å². The van der Waals surface area contributed by atoms with Gasteiger partial charge in [0.2, 0.25) is 0 Å². The number of benzene rings is 2. The molecule has 0 unspecified atom stereocenters. The van der Waals surface area contributed by atoms with Crippen molar-refractivity contribution in [1.29, 1.82) is 0 Å². The Labute approximate surface area is 181 Å². The Kier molecular flexibility index (Phi) is 6.21. The van der Waals surface area contributed by atoms with Gasteiger partial charge in [0.1, 0.15) is 5.75 Å². The summed E-state index contributed by atoms with van der Waals surface area (Å²) in [5.74, 6) is 0.773. The molecule has 7 nitrogen and oxygen atoms in total. The number of nitrogens with one attached hydrogen (secondary N) is 1. The molecule has 4 rings (SSSR count). The third kappa shape index (κ3) is 4.71. The van der Waals surface area contributed by atoms with Crippen LogP contribution in [0.15, 0.2) is 71.3 Å². The van der Waals surface area contributed by atoms with Crippen LogP contribution in [0, 0.1) is 0 Å². The van der Waals surface area contributed by atoms with Crippen molar-refractivity contribution in [1.82, 2.24) is 4.90 Å². The molecule has 2 heterocycles. The first-order valence-corrected chi connectivity index (χ1v) is 10.4. The molecule has 1 N–H and O–H groups in total. The lowest BCUT2D eigenvalue weighted by Gasteiger charge is -2.36. The molecule has 1 fully saturated rings. The molecule has 31 heavy (non-hydrogen) atoms. The number of furan rings is 1. The van der Waals surface area contributed by atoms with Gasteiger partial charge < -0.3 is 24.3 Å². The van der Waals surface area contributed by atoms with Crippen molar-refractivity contribution in [3.05, 3.63) is 78.3 Å². The molecule has 0 spiro atoms. The highest BCUT2D eigenvalue weighted by Gasteiger charge is 2.23. The van der Waals surface area contributed by atoms with Gasteiger partial charge in [-0.1, -0.05) is 12.1 Å². The molecule has 3 aromatic rings. The van der Waals surface area contributed by atoms with E-state index in [4.69, 9.17) is 9.15 Å². The van der Waals surface area contributed by atoms with E-state index in [2.05, 4.69) is 16.3 Å². The number of rotatable bonds is 6. The van der Waals surface area contributed by atoms with Crippen LogP contribution in [0.3, 0.4) is 0 Å². The maximum atomic E-state index is 12.9. The van der Waals surface area contributed by atoms with Gasteiger partial charge in [-0.25, -0.2) is 0 Å². The minimum atomic E-state index is -0.326. The molecule has 0 radical (unpaired) electrons. The molecule has 0 saturated carbocycles. The number of amides is 2. The Bertz CT molecular complexity index is 1020. The highest BCUT2D eigenvalue weighted by atomic mass is 16.5. The average Bonchev–Trinajstić information content (AvgIpc) is 3.35. The summed E-state index contributed by atoms with van der Waals surface area (Å²) >= 11 is 0. The van der Waals surface area contributed by atoms with Gasteiger partial charge in [-0.15, -0.1) is 0 Å². The molecule has 2 amide bonds. The van der Waals surface area contributed by atoms with Gasteiger partial charge in [0.05, 0.1) is 18.6 Å². The van der Waals surface area contributed by atoms with Crippen LogP contribution in [0.4, 0.5) is 11.4 Å². The predicted octanol–water partition coefficient (Wildman–Crippen LogP) is 3.89. The fourth-order valence-electron chi connectivity index (χ4n) is 3.63. The molecule has 0 atom stereocenters. The van der Waals surface area contributed by atoms with E-state index in [1.807, 2.05) is 30.0 Å². The maximum Gasteiger partial charge on any atom is 0.291 e. The molecule has 1 aliphatic heterocycles. The summed E-state index contributed by atoms with van der Waals surface area (Å²) in [6.45, 7) is 5.35. The largest absolute Gasteiger partial charge is 0.492 e. The Morgan fingerprint density at radius 1 is 0.968 bits per heavy atom. The minimum absolute atomic E-state index is 0.0124. The smallest absolute Gasteiger partial charge is 0.291 e. The average molecular weight is 419 g/mol. The molecular weight excluding hydrogens is 394 g/mol. The molecule has 0 bridgehead atoms. The number of hydrogen-bond donors (Lipinski definition) is 1. The number of hydrogen-bond acceptors (Lipinski definition) is 5. The first-order chi connectivity index (χ1) is 15.2. The van der Waals surface area contributed by atoms with Gasteiger partial charge in [0.15, 0.2) is 5.76 Å². The van der Waals surface area contributed by atoms with Crippen LogP contribution in [0.2, 0.25) is 0 Å². The highest BCUT2D eigenvalue weighted by Crippen LogP contribution is 2.29. The second-order valence-corrected chi connectivity index (χ2v) is 7.19. The van der Waals surface area contributed by atoms with Gasteiger partial charge in [0, 0.05) is 37.4 Å². The number of piperazine rings is 1. The van der Waals surface area contributed by atoms with Gasteiger partial charge in [-0.3, -0.25) is 9.59 Å². The SMILES string of the molecule is CCOc1ccccc1N1CCN(C(=O)c2ccc(NC(=O)c3ccco3)cc2)CC1. The third-order valence-electron chi connectivity index (χ3n) is 5.21. The molecule has 1 aliphatic rings. The first kappa shape index (κ1) is 20.5. The van der Waals surface area contributed by atoms with E-state index in [9.17, 15) is 9.59 Å². The number of carbonyl (C=O) groups is 2. The van der Waals surface area contributed by atoms with Gasteiger partial charge >= 0.3 is 0 Å². The quantitative estimate of drug-likeness (QED) is 0.656. The van der Waals surface area contributed by atoms with E-state index in [0.29, 0.717) is 30.9 Å². The molecule has 7 heteroatoms. The van der Waals surface area contributed by atoms with Crippen molar-refractivity contribution in [2.24, 2.45) is 0 Å². The second-order valence-electron chi connectivity index (χ2n) is 7.19. The number of anilines is 2. The fourth-order valence-corrected chi connectivity index (χ4v) is 3.63. The number of para-hydroxylation sites is 2. The maximum absolute atomic E-state index is 12.9. The van der Waals surface area contributed by atoms with Gasteiger partial charge in [-0.05, 0) is 55.5 Å². The summed E-state index contributed by atoms with van der Waals surface area (Å²) in [6.07, 6.45) is 1.45. The normalized spacial score (nSPS) is 13.7. The Hall–Kier alpha value is -3.74. The summed E-state index contributed by atoms with van der Waals surface area (Å²) < 4.78 is 10.8. The summed E-state index contributed by atoms with van der Waals surface area (Å²) in [6, 6.07) is 18.2. The minimum Gasteiger partial charge on any atom is -0.492 e. The van der Waals surface area contributed by atoms with E-state index in [-0.39, 0.29) is 17.6 Å². The monoisotopic (exact) mass is 419 g/mol. The van der Waals surface area contributed by atoms with Crippen LogP contribution >= 0.6 is 0 Å². The van der Waals surface area contributed by atoms with E-state index in [1.165, 1.54) is 6.26 Å². The Morgan fingerprint density at radius 2 is 1.71 bits per heavy atom. The van der Waals surface area contributed by atoms with Crippen LogP contribution < -0.4 is 15.0 Å². The van der Waals surface area contributed by atoms with Crippen LogP contribution in [0.5, 0.6) is 5.75 Å². The van der Waals surface area contributed by atoms with Gasteiger partial charge in [0.25, 0.3) is 11.8 Å². The summed E-state index contributed by atoms with van der Waals surface area (Å²) in [7, 11) is 0. The van der Waals surface area contributed by atoms with Crippen molar-refractivity contribution < 1.29 is 18.7 Å². The van der Waals surface area contributed by atoms with Gasteiger partial charge in [-0.2, -0.15) is 0 Å². The molecule has 160 valence electrons. The zero-order valence-corrected chi connectivity index (χ0v) is 17.4. The summed E-state index contributed by atoms with van der Waals surface area (Å²) in [5, 5.41) is 2.75. The first-order valence-electron chi connectivity index (χ1n) is 10.4. The van der Waals surface area contributed by atoms with Crippen molar-refractivity contribution in [2.75, 3.05) is 43.0 Å². The number of ether oxygens (including phenoxy) is 1. The predicted molar refractivity (Wildman–Crippen MR) is 119 cm³/mol. The van der Waals surface area contributed by atoms with Crippen molar-refractivity contribution in [2.45, 2.75) is 6.92 Å². The van der Waals surface area contributed by atoms with Crippen molar-refractivity contribution in [3.63, 3.8) is 0 Å². The summed E-state index contributed by atoms with van der Waals surface area (Å²) in [5.41, 5.74) is 2.27. The van der Waals surface area contributed by atoms with Crippen LogP contribution in [0.25, 0.3) is 0 Å². The molecule has 1 aromatic heterocycles. The fraction of sp³-hybridized carbons (Fsp3) is 0.250. The lowest BCUT2D eigenvalue weighted by molar-refractivity contribution is 0.0746. The molecule has 1 saturated heterocycles. The zero-order chi connectivity index (χ0) is 21.6.